The Hall–Kier alpha value is -2.48. The molecule has 0 bridgehead atoms. The summed E-state index contributed by atoms with van der Waals surface area (Å²) in [6.45, 7) is 7.17. The van der Waals surface area contributed by atoms with E-state index in [-0.39, 0.29) is 17.9 Å². The van der Waals surface area contributed by atoms with Gasteiger partial charge in [-0.1, -0.05) is 12.0 Å². The highest BCUT2D eigenvalue weighted by atomic mass is 16.6. The molecule has 0 fully saturated rings. The first kappa shape index (κ1) is 17.6. The highest BCUT2D eigenvalue weighted by Crippen LogP contribution is 2.26. The zero-order chi connectivity index (χ0) is 16.9. The van der Waals surface area contributed by atoms with Gasteiger partial charge >= 0.3 is 6.09 Å². The Morgan fingerprint density at radius 3 is 2.59 bits per heavy atom. The number of nitrogens with zero attached hydrogens (tertiary/aromatic N) is 1. The van der Waals surface area contributed by atoms with E-state index in [1.165, 1.54) is 17.0 Å². The number of terminal acetylenes is 1. The third-order valence-electron chi connectivity index (χ3n) is 3.02. The van der Waals surface area contributed by atoms with Gasteiger partial charge in [0.15, 0.2) is 6.29 Å². The Kier molecular flexibility index (Phi) is 5.58. The molecule has 0 radical (unpaired) electrons. The van der Waals surface area contributed by atoms with Crippen LogP contribution in [0.3, 0.4) is 0 Å². The molecular weight excluding hydrogens is 282 g/mol. The van der Waals surface area contributed by atoms with Gasteiger partial charge in [-0.15, -0.1) is 6.42 Å². The molecule has 1 aromatic rings. The van der Waals surface area contributed by atoms with Crippen molar-refractivity contribution in [1.82, 2.24) is 4.90 Å². The first-order chi connectivity index (χ1) is 10.2. The number of hydrogen-bond donors (Lipinski definition) is 1. The number of rotatable bonds is 4. The van der Waals surface area contributed by atoms with Crippen molar-refractivity contribution in [2.24, 2.45) is 0 Å². The third kappa shape index (κ3) is 4.52. The second-order valence-corrected chi connectivity index (χ2v) is 5.92. The number of carbonyl (C=O) groups is 2. The van der Waals surface area contributed by atoms with Crippen molar-refractivity contribution in [2.45, 2.75) is 39.3 Å². The SMILES string of the molecule is C#CCN(C(=O)OC(C)(C)C)C(C)c1ccc(C=O)c(O)c1. The Bertz CT molecular complexity index is 596. The van der Waals surface area contributed by atoms with E-state index in [0.717, 1.165) is 0 Å². The molecule has 1 rings (SSSR count). The topological polar surface area (TPSA) is 66.8 Å². The van der Waals surface area contributed by atoms with E-state index in [0.29, 0.717) is 11.8 Å². The summed E-state index contributed by atoms with van der Waals surface area (Å²) >= 11 is 0. The van der Waals surface area contributed by atoms with Crippen molar-refractivity contribution in [3.8, 4) is 18.1 Å². The van der Waals surface area contributed by atoms with Crippen molar-refractivity contribution in [3.05, 3.63) is 29.3 Å². The minimum absolute atomic E-state index is 0.0757. The van der Waals surface area contributed by atoms with Gasteiger partial charge in [-0.25, -0.2) is 4.79 Å². The Labute approximate surface area is 130 Å². The molecule has 118 valence electrons. The fourth-order valence-corrected chi connectivity index (χ4v) is 1.88. The van der Waals surface area contributed by atoms with Gasteiger partial charge in [-0.3, -0.25) is 9.69 Å². The van der Waals surface area contributed by atoms with Crippen molar-refractivity contribution in [1.29, 1.82) is 0 Å². The summed E-state index contributed by atoms with van der Waals surface area (Å²) in [5.41, 5.74) is 0.216. The molecule has 1 amide bonds. The second kappa shape index (κ2) is 6.99. The number of benzene rings is 1. The maximum Gasteiger partial charge on any atom is 0.411 e. The Balaban J connectivity index is 3.05. The molecule has 5 heteroatoms. The van der Waals surface area contributed by atoms with Gasteiger partial charge in [0.05, 0.1) is 18.2 Å². The molecule has 1 atom stereocenters. The maximum atomic E-state index is 12.3. The molecule has 0 aliphatic rings. The van der Waals surface area contributed by atoms with Crippen molar-refractivity contribution >= 4 is 12.4 Å². The van der Waals surface area contributed by atoms with Crippen LogP contribution >= 0.6 is 0 Å². The van der Waals surface area contributed by atoms with Crippen LogP contribution in [0.2, 0.25) is 0 Å². The molecule has 0 saturated heterocycles. The fraction of sp³-hybridized carbons (Fsp3) is 0.412. The highest BCUT2D eigenvalue weighted by molar-refractivity contribution is 5.79. The number of ether oxygens (including phenoxy) is 1. The average Bonchev–Trinajstić information content (AvgIpc) is 2.42. The Morgan fingerprint density at radius 2 is 2.14 bits per heavy atom. The summed E-state index contributed by atoms with van der Waals surface area (Å²) in [4.78, 5) is 24.4. The van der Waals surface area contributed by atoms with Gasteiger partial charge in [0.2, 0.25) is 0 Å². The van der Waals surface area contributed by atoms with Crippen LogP contribution in [0.5, 0.6) is 5.75 Å². The van der Waals surface area contributed by atoms with E-state index >= 15 is 0 Å². The van der Waals surface area contributed by atoms with Crippen LogP contribution in [0.1, 0.15) is 49.7 Å². The maximum absolute atomic E-state index is 12.3. The monoisotopic (exact) mass is 303 g/mol. The van der Waals surface area contributed by atoms with Crippen molar-refractivity contribution in [3.63, 3.8) is 0 Å². The lowest BCUT2D eigenvalue weighted by molar-refractivity contribution is 0.0204. The summed E-state index contributed by atoms with van der Waals surface area (Å²) in [5.74, 6) is 2.29. The lowest BCUT2D eigenvalue weighted by atomic mass is 10.0. The third-order valence-corrected chi connectivity index (χ3v) is 3.02. The minimum atomic E-state index is -0.632. The normalized spacial score (nSPS) is 12.1. The average molecular weight is 303 g/mol. The number of aromatic hydroxyl groups is 1. The van der Waals surface area contributed by atoms with E-state index < -0.39 is 17.7 Å². The largest absolute Gasteiger partial charge is 0.507 e. The molecule has 0 saturated carbocycles. The number of aldehydes is 1. The van der Waals surface area contributed by atoms with E-state index in [9.17, 15) is 14.7 Å². The molecule has 0 aromatic heterocycles. The molecule has 0 spiro atoms. The first-order valence-electron chi connectivity index (χ1n) is 6.90. The Morgan fingerprint density at radius 1 is 1.50 bits per heavy atom. The second-order valence-electron chi connectivity index (χ2n) is 5.92. The summed E-state index contributed by atoms with van der Waals surface area (Å²) in [6, 6.07) is 4.21. The number of carbonyl (C=O) groups excluding carboxylic acids is 2. The summed E-state index contributed by atoms with van der Waals surface area (Å²) in [7, 11) is 0. The fourth-order valence-electron chi connectivity index (χ4n) is 1.88. The quantitative estimate of drug-likeness (QED) is 0.685. The smallest absolute Gasteiger partial charge is 0.411 e. The predicted molar refractivity (Wildman–Crippen MR) is 83.7 cm³/mol. The van der Waals surface area contributed by atoms with Crippen molar-refractivity contribution in [2.75, 3.05) is 6.54 Å². The molecule has 0 aliphatic carbocycles. The van der Waals surface area contributed by atoms with E-state index in [4.69, 9.17) is 11.2 Å². The summed E-state index contributed by atoms with van der Waals surface area (Å²) in [5, 5.41) is 9.77. The van der Waals surface area contributed by atoms with Gasteiger partial charge in [0.1, 0.15) is 11.4 Å². The van der Waals surface area contributed by atoms with Crippen LogP contribution in [0.25, 0.3) is 0 Å². The van der Waals surface area contributed by atoms with Crippen LogP contribution in [-0.4, -0.2) is 34.5 Å². The first-order valence-corrected chi connectivity index (χ1v) is 6.90. The molecule has 1 N–H and O–H groups in total. The zero-order valence-electron chi connectivity index (χ0n) is 13.3. The molecule has 22 heavy (non-hydrogen) atoms. The molecule has 5 nitrogen and oxygen atoms in total. The number of phenolic OH excluding ortho intramolecular Hbond substituents is 1. The zero-order valence-corrected chi connectivity index (χ0v) is 13.3. The van der Waals surface area contributed by atoms with Crippen molar-refractivity contribution < 1.29 is 19.4 Å². The van der Waals surface area contributed by atoms with Gasteiger partial charge in [0.25, 0.3) is 0 Å². The van der Waals surface area contributed by atoms with Crippen LogP contribution in [0.15, 0.2) is 18.2 Å². The highest BCUT2D eigenvalue weighted by Gasteiger charge is 2.26. The van der Waals surface area contributed by atoms with Crippen LogP contribution in [0, 0.1) is 12.3 Å². The van der Waals surface area contributed by atoms with Gasteiger partial charge in [-0.05, 0) is 45.4 Å². The van der Waals surface area contributed by atoms with Crippen LogP contribution < -0.4 is 0 Å². The molecular formula is C17H21NO4. The van der Waals surface area contributed by atoms with Gasteiger partial charge in [0, 0.05) is 0 Å². The van der Waals surface area contributed by atoms with Gasteiger partial charge in [-0.2, -0.15) is 0 Å². The van der Waals surface area contributed by atoms with E-state index in [1.54, 1.807) is 33.8 Å². The predicted octanol–water partition coefficient (Wildman–Crippen LogP) is 3.14. The molecule has 1 unspecified atom stereocenters. The summed E-state index contributed by atoms with van der Waals surface area (Å²) in [6.07, 6.45) is 5.36. The molecule has 0 aliphatic heterocycles. The van der Waals surface area contributed by atoms with E-state index in [1.807, 2.05) is 0 Å². The molecule has 0 heterocycles. The van der Waals surface area contributed by atoms with E-state index in [2.05, 4.69) is 5.92 Å². The van der Waals surface area contributed by atoms with Crippen LogP contribution in [0.4, 0.5) is 4.79 Å². The number of hydrogen-bond acceptors (Lipinski definition) is 4. The summed E-state index contributed by atoms with van der Waals surface area (Å²) < 4.78 is 5.34. The lowest BCUT2D eigenvalue weighted by Gasteiger charge is -2.30. The standard InChI is InChI=1S/C17H21NO4/c1-6-9-18(16(21)22-17(3,4)5)12(2)13-7-8-14(11-19)15(20)10-13/h1,7-8,10-12,20H,9H2,2-5H3. The van der Waals surface area contributed by atoms with Gasteiger partial charge < -0.3 is 9.84 Å². The number of amides is 1. The molecule has 1 aromatic carbocycles. The number of phenols is 1. The minimum Gasteiger partial charge on any atom is -0.507 e. The lowest BCUT2D eigenvalue weighted by Crippen LogP contribution is -2.38. The van der Waals surface area contributed by atoms with Crippen LogP contribution in [-0.2, 0) is 4.74 Å².